The number of nitrogens with one attached hydrogen (secondary N) is 1. The Balaban J connectivity index is 1.75. The lowest BCUT2D eigenvalue weighted by Crippen LogP contribution is -2.37. The van der Waals surface area contributed by atoms with Crippen LogP contribution in [-0.4, -0.2) is 30.4 Å². The first-order valence-corrected chi connectivity index (χ1v) is 8.80. The highest BCUT2D eigenvalue weighted by atomic mass is 35.5. The minimum Gasteiger partial charge on any atom is -0.355 e. The molecule has 0 aliphatic rings. The van der Waals surface area contributed by atoms with E-state index in [2.05, 4.69) is 22.9 Å². The SMILES string of the molecule is C=CCN(CC(=O)NCCc1ccc(Cl)cc1)Cc1cccs1. The molecule has 122 valence electrons. The number of halogens is 1. The van der Waals surface area contributed by atoms with Crippen LogP contribution in [0.25, 0.3) is 0 Å². The first-order valence-electron chi connectivity index (χ1n) is 7.54. The second-order valence-electron chi connectivity index (χ2n) is 5.26. The Bertz CT molecular complexity index is 610. The molecule has 0 saturated carbocycles. The fourth-order valence-corrected chi connectivity index (χ4v) is 3.12. The van der Waals surface area contributed by atoms with Crippen molar-refractivity contribution < 1.29 is 4.79 Å². The third-order valence-corrected chi connectivity index (χ3v) is 4.48. The molecule has 0 aliphatic heterocycles. The van der Waals surface area contributed by atoms with Crippen molar-refractivity contribution in [3.05, 3.63) is 69.9 Å². The van der Waals surface area contributed by atoms with Crippen LogP contribution in [0.4, 0.5) is 0 Å². The number of hydrogen-bond donors (Lipinski definition) is 1. The minimum atomic E-state index is 0.0392. The summed E-state index contributed by atoms with van der Waals surface area (Å²) in [6, 6.07) is 11.8. The maximum Gasteiger partial charge on any atom is 0.234 e. The summed E-state index contributed by atoms with van der Waals surface area (Å²) >= 11 is 7.56. The number of hydrogen-bond acceptors (Lipinski definition) is 3. The zero-order valence-corrected chi connectivity index (χ0v) is 14.6. The third kappa shape index (κ3) is 6.57. The molecule has 1 heterocycles. The van der Waals surface area contributed by atoms with Crippen LogP contribution < -0.4 is 5.32 Å². The molecule has 0 aliphatic carbocycles. The third-order valence-electron chi connectivity index (χ3n) is 3.36. The smallest absolute Gasteiger partial charge is 0.234 e. The van der Waals surface area contributed by atoms with Gasteiger partial charge >= 0.3 is 0 Å². The van der Waals surface area contributed by atoms with Crippen LogP contribution in [0.3, 0.4) is 0 Å². The van der Waals surface area contributed by atoms with Crippen LogP contribution in [0, 0.1) is 0 Å². The molecule has 1 N–H and O–H groups in total. The van der Waals surface area contributed by atoms with Crippen molar-refractivity contribution in [1.82, 2.24) is 10.2 Å². The maximum absolute atomic E-state index is 12.1. The molecule has 1 aromatic carbocycles. The van der Waals surface area contributed by atoms with Crippen molar-refractivity contribution in [1.29, 1.82) is 0 Å². The van der Waals surface area contributed by atoms with E-state index < -0.39 is 0 Å². The molecule has 0 fully saturated rings. The number of amides is 1. The molecule has 3 nitrogen and oxygen atoms in total. The van der Waals surface area contributed by atoms with E-state index in [0.29, 0.717) is 19.6 Å². The second kappa shape index (κ2) is 9.50. The molecule has 1 aromatic heterocycles. The van der Waals surface area contributed by atoms with Gasteiger partial charge in [-0.25, -0.2) is 0 Å². The quantitative estimate of drug-likeness (QED) is 0.700. The number of benzene rings is 1. The van der Waals surface area contributed by atoms with Gasteiger partial charge in [0.1, 0.15) is 0 Å². The van der Waals surface area contributed by atoms with Gasteiger partial charge in [0.25, 0.3) is 0 Å². The van der Waals surface area contributed by atoms with Gasteiger partial charge in [0.05, 0.1) is 6.54 Å². The molecule has 0 spiro atoms. The Morgan fingerprint density at radius 2 is 2.09 bits per heavy atom. The Hall–Kier alpha value is -1.62. The Kier molecular flexibility index (Phi) is 7.33. The molecule has 1 amide bonds. The van der Waals surface area contributed by atoms with Crippen molar-refractivity contribution in [2.24, 2.45) is 0 Å². The van der Waals surface area contributed by atoms with E-state index in [9.17, 15) is 4.79 Å². The highest BCUT2D eigenvalue weighted by Gasteiger charge is 2.10. The lowest BCUT2D eigenvalue weighted by atomic mass is 10.1. The van der Waals surface area contributed by atoms with Crippen molar-refractivity contribution in [3.63, 3.8) is 0 Å². The van der Waals surface area contributed by atoms with Gasteiger partial charge in [0, 0.05) is 29.5 Å². The number of thiophene rings is 1. The molecule has 0 radical (unpaired) electrons. The van der Waals surface area contributed by atoms with Crippen molar-refractivity contribution >= 4 is 28.8 Å². The fourth-order valence-electron chi connectivity index (χ4n) is 2.25. The van der Waals surface area contributed by atoms with E-state index in [1.54, 1.807) is 11.3 Å². The molecule has 0 atom stereocenters. The number of rotatable bonds is 9. The van der Waals surface area contributed by atoms with Gasteiger partial charge in [-0.05, 0) is 35.6 Å². The molecule has 2 aromatic rings. The predicted octanol–water partition coefficient (Wildman–Crippen LogP) is 3.75. The predicted molar refractivity (Wildman–Crippen MR) is 98.0 cm³/mol. The molecule has 0 saturated heterocycles. The Morgan fingerprint density at radius 1 is 1.30 bits per heavy atom. The fraction of sp³-hybridized carbons (Fsp3) is 0.278. The first-order chi connectivity index (χ1) is 11.2. The summed E-state index contributed by atoms with van der Waals surface area (Å²) in [6.45, 7) is 6.24. The van der Waals surface area contributed by atoms with Crippen molar-refractivity contribution in [2.45, 2.75) is 13.0 Å². The molecular weight excluding hydrogens is 328 g/mol. The monoisotopic (exact) mass is 348 g/mol. The van der Waals surface area contributed by atoms with Gasteiger partial charge in [-0.3, -0.25) is 9.69 Å². The van der Waals surface area contributed by atoms with Gasteiger partial charge < -0.3 is 5.32 Å². The second-order valence-corrected chi connectivity index (χ2v) is 6.73. The average molecular weight is 349 g/mol. The van der Waals surface area contributed by atoms with E-state index in [0.717, 1.165) is 23.6 Å². The molecule has 23 heavy (non-hydrogen) atoms. The highest BCUT2D eigenvalue weighted by Crippen LogP contribution is 2.12. The van der Waals surface area contributed by atoms with E-state index in [-0.39, 0.29) is 5.91 Å². The number of carbonyl (C=O) groups is 1. The topological polar surface area (TPSA) is 32.3 Å². The summed E-state index contributed by atoms with van der Waals surface area (Å²) in [5, 5.41) is 5.75. The number of carbonyl (C=O) groups excluding carboxylic acids is 1. The van der Waals surface area contributed by atoms with E-state index in [1.807, 2.05) is 41.8 Å². The van der Waals surface area contributed by atoms with Gasteiger partial charge in [-0.1, -0.05) is 35.9 Å². The van der Waals surface area contributed by atoms with Crippen LogP contribution >= 0.6 is 22.9 Å². The highest BCUT2D eigenvalue weighted by molar-refractivity contribution is 7.09. The standard InChI is InChI=1S/C18H21ClN2OS/c1-2-11-21(13-17-4-3-12-23-17)14-18(22)20-10-9-15-5-7-16(19)8-6-15/h2-8,12H,1,9-11,13-14H2,(H,20,22). The van der Waals surface area contributed by atoms with Gasteiger partial charge in [-0.2, -0.15) is 0 Å². The molecule has 0 unspecified atom stereocenters. The Labute approximate surface area is 146 Å². The van der Waals surface area contributed by atoms with Crippen LogP contribution in [0.1, 0.15) is 10.4 Å². The van der Waals surface area contributed by atoms with E-state index in [4.69, 9.17) is 11.6 Å². The summed E-state index contributed by atoms with van der Waals surface area (Å²) in [5.74, 6) is 0.0392. The minimum absolute atomic E-state index is 0.0392. The normalized spacial score (nSPS) is 10.7. The van der Waals surface area contributed by atoms with Crippen LogP contribution in [0.2, 0.25) is 5.02 Å². The lowest BCUT2D eigenvalue weighted by Gasteiger charge is -2.19. The van der Waals surface area contributed by atoms with Gasteiger partial charge in [0.2, 0.25) is 5.91 Å². The van der Waals surface area contributed by atoms with Crippen molar-refractivity contribution in [3.8, 4) is 0 Å². The molecular formula is C18H21ClN2OS. The summed E-state index contributed by atoms with van der Waals surface area (Å²) in [7, 11) is 0. The molecule has 5 heteroatoms. The molecule has 0 bridgehead atoms. The van der Waals surface area contributed by atoms with Crippen LogP contribution in [0.5, 0.6) is 0 Å². The average Bonchev–Trinajstić information content (AvgIpc) is 3.02. The first kappa shape index (κ1) is 17.7. The molecule has 2 rings (SSSR count). The zero-order valence-electron chi connectivity index (χ0n) is 13.0. The Morgan fingerprint density at radius 3 is 2.74 bits per heavy atom. The zero-order chi connectivity index (χ0) is 16.5. The van der Waals surface area contributed by atoms with Crippen LogP contribution in [0.15, 0.2) is 54.4 Å². The van der Waals surface area contributed by atoms with Crippen molar-refractivity contribution in [2.75, 3.05) is 19.6 Å². The number of nitrogens with zero attached hydrogens (tertiary/aromatic N) is 1. The summed E-state index contributed by atoms with van der Waals surface area (Å²) in [4.78, 5) is 15.4. The summed E-state index contributed by atoms with van der Waals surface area (Å²) in [5.41, 5.74) is 1.16. The van der Waals surface area contributed by atoms with Crippen LogP contribution in [-0.2, 0) is 17.8 Å². The van der Waals surface area contributed by atoms with Gasteiger partial charge in [0.15, 0.2) is 0 Å². The van der Waals surface area contributed by atoms with E-state index in [1.165, 1.54) is 4.88 Å². The largest absolute Gasteiger partial charge is 0.355 e. The lowest BCUT2D eigenvalue weighted by molar-refractivity contribution is -0.122. The maximum atomic E-state index is 12.1. The van der Waals surface area contributed by atoms with Gasteiger partial charge in [-0.15, -0.1) is 17.9 Å². The summed E-state index contributed by atoms with van der Waals surface area (Å²) < 4.78 is 0. The summed E-state index contributed by atoms with van der Waals surface area (Å²) in [6.07, 6.45) is 2.63. The van der Waals surface area contributed by atoms with E-state index >= 15 is 0 Å².